The summed E-state index contributed by atoms with van der Waals surface area (Å²) in [4.78, 5) is 12.2. The van der Waals surface area contributed by atoms with Gasteiger partial charge in [-0.05, 0) is 25.9 Å². The normalized spacial score (nSPS) is 18.4. The van der Waals surface area contributed by atoms with Crippen molar-refractivity contribution in [1.29, 1.82) is 0 Å². The maximum atomic E-state index is 10.0. The Labute approximate surface area is 68.0 Å². The minimum atomic E-state index is 0.639. The summed E-state index contributed by atoms with van der Waals surface area (Å²) >= 11 is 0. The van der Waals surface area contributed by atoms with Gasteiger partial charge in [0, 0.05) is 7.11 Å². The van der Waals surface area contributed by atoms with Gasteiger partial charge in [-0.1, -0.05) is 6.42 Å². The van der Waals surface area contributed by atoms with E-state index in [-0.39, 0.29) is 0 Å². The predicted molar refractivity (Wildman–Crippen MR) is 44.5 cm³/mol. The molecule has 3 heteroatoms. The van der Waals surface area contributed by atoms with Crippen molar-refractivity contribution >= 4 is 6.29 Å². The van der Waals surface area contributed by atoms with E-state index >= 15 is 0 Å². The average molecular weight is 159 g/mol. The molecule has 0 aliphatic carbocycles. The number of piperidine rings is 1. The maximum absolute atomic E-state index is 10.0. The van der Waals surface area contributed by atoms with Crippen LogP contribution >= 0.6 is 0 Å². The molecule has 0 aromatic heterocycles. The van der Waals surface area contributed by atoms with Crippen LogP contribution in [-0.4, -0.2) is 43.0 Å². The van der Waals surface area contributed by atoms with E-state index in [9.17, 15) is 4.79 Å². The summed E-state index contributed by atoms with van der Waals surface area (Å²) in [6.07, 6.45) is 4.88. The van der Waals surface area contributed by atoms with Crippen molar-refractivity contribution in [2.24, 2.45) is 0 Å². The Balaban J connectivity index is 0.000000461. The van der Waals surface area contributed by atoms with Crippen LogP contribution in [0.25, 0.3) is 0 Å². The van der Waals surface area contributed by atoms with E-state index in [1.54, 1.807) is 0 Å². The molecule has 1 fully saturated rings. The van der Waals surface area contributed by atoms with Gasteiger partial charge in [-0.25, -0.2) is 0 Å². The molecule has 1 rings (SSSR count). The third-order valence-corrected chi connectivity index (χ3v) is 1.78. The van der Waals surface area contributed by atoms with Gasteiger partial charge in [-0.3, -0.25) is 4.90 Å². The monoisotopic (exact) mass is 159 g/mol. The van der Waals surface area contributed by atoms with E-state index in [0.29, 0.717) is 6.54 Å². The lowest BCUT2D eigenvalue weighted by molar-refractivity contribution is -0.109. The first kappa shape index (κ1) is 10.6. The van der Waals surface area contributed by atoms with Crippen molar-refractivity contribution in [3.8, 4) is 0 Å². The summed E-state index contributed by atoms with van der Waals surface area (Å²) < 4.78 is 0. The molecule has 0 aromatic rings. The van der Waals surface area contributed by atoms with Crippen LogP contribution < -0.4 is 0 Å². The first-order chi connectivity index (χ1) is 5.43. The van der Waals surface area contributed by atoms with Gasteiger partial charge < -0.3 is 9.90 Å². The van der Waals surface area contributed by atoms with Crippen LogP contribution in [0.1, 0.15) is 19.3 Å². The number of aliphatic hydroxyl groups excluding tert-OH is 1. The van der Waals surface area contributed by atoms with Crippen LogP contribution in [0.4, 0.5) is 0 Å². The summed E-state index contributed by atoms with van der Waals surface area (Å²) in [5, 5.41) is 7.00. The van der Waals surface area contributed by atoms with E-state index < -0.39 is 0 Å². The fourth-order valence-electron chi connectivity index (χ4n) is 1.25. The number of aliphatic hydroxyl groups is 1. The lowest BCUT2D eigenvalue weighted by Gasteiger charge is -2.23. The van der Waals surface area contributed by atoms with Crippen molar-refractivity contribution in [3.63, 3.8) is 0 Å². The molecule has 3 nitrogen and oxygen atoms in total. The van der Waals surface area contributed by atoms with Crippen LogP contribution in [0.15, 0.2) is 0 Å². The van der Waals surface area contributed by atoms with Gasteiger partial charge >= 0.3 is 0 Å². The van der Waals surface area contributed by atoms with Gasteiger partial charge in [-0.2, -0.15) is 0 Å². The molecule has 1 heterocycles. The van der Waals surface area contributed by atoms with E-state index in [2.05, 4.69) is 4.90 Å². The van der Waals surface area contributed by atoms with Crippen molar-refractivity contribution in [2.45, 2.75) is 19.3 Å². The minimum Gasteiger partial charge on any atom is -0.400 e. The Bertz CT molecular complexity index is 90.1. The Hall–Kier alpha value is -0.410. The fourth-order valence-corrected chi connectivity index (χ4v) is 1.25. The third-order valence-electron chi connectivity index (χ3n) is 1.78. The number of nitrogens with zero attached hydrogens (tertiary/aromatic N) is 1. The first-order valence-electron chi connectivity index (χ1n) is 4.04. The summed E-state index contributed by atoms with van der Waals surface area (Å²) in [7, 11) is 1.00. The van der Waals surface area contributed by atoms with Gasteiger partial charge in [0.15, 0.2) is 0 Å². The lowest BCUT2D eigenvalue weighted by atomic mass is 10.1. The van der Waals surface area contributed by atoms with Crippen molar-refractivity contribution < 1.29 is 9.90 Å². The summed E-state index contributed by atoms with van der Waals surface area (Å²) in [5.41, 5.74) is 0. The Kier molecular flexibility index (Phi) is 7.41. The molecule has 0 bridgehead atoms. The van der Waals surface area contributed by atoms with Gasteiger partial charge in [-0.15, -0.1) is 0 Å². The number of carbonyl (C=O) groups is 1. The maximum Gasteiger partial charge on any atom is 0.133 e. The molecular formula is C8H17NO2. The quantitative estimate of drug-likeness (QED) is 0.588. The molecule has 1 N–H and O–H groups in total. The number of hydrogen-bond acceptors (Lipinski definition) is 3. The third kappa shape index (κ3) is 4.93. The molecule has 66 valence electrons. The SMILES string of the molecule is CO.O=CCN1CCCCC1. The summed E-state index contributed by atoms with van der Waals surface area (Å²) in [6.45, 7) is 2.89. The molecule has 0 radical (unpaired) electrons. The molecule has 1 aliphatic rings. The standard InChI is InChI=1S/C7H13NO.CH4O/c9-7-6-8-4-2-1-3-5-8;1-2/h7H,1-6H2;2H,1H3. The molecule has 0 spiro atoms. The topological polar surface area (TPSA) is 40.5 Å². The smallest absolute Gasteiger partial charge is 0.133 e. The van der Waals surface area contributed by atoms with E-state index in [1.165, 1.54) is 19.3 Å². The number of hydrogen-bond donors (Lipinski definition) is 1. The van der Waals surface area contributed by atoms with Crippen LogP contribution in [0.5, 0.6) is 0 Å². The second-order valence-electron chi connectivity index (χ2n) is 2.53. The zero-order valence-corrected chi connectivity index (χ0v) is 7.12. The van der Waals surface area contributed by atoms with E-state index in [0.717, 1.165) is 26.5 Å². The fraction of sp³-hybridized carbons (Fsp3) is 0.875. The highest BCUT2D eigenvalue weighted by Gasteiger charge is 2.07. The van der Waals surface area contributed by atoms with Crippen molar-refractivity contribution in [3.05, 3.63) is 0 Å². The van der Waals surface area contributed by atoms with E-state index in [1.807, 2.05) is 0 Å². The zero-order chi connectivity index (χ0) is 8.53. The van der Waals surface area contributed by atoms with Crippen LogP contribution in [0, 0.1) is 0 Å². The highest BCUT2D eigenvalue weighted by atomic mass is 16.2. The van der Waals surface area contributed by atoms with Crippen molar-refractivity contribution in [1.82, 2.24) is 4.90 Å². The Morgan fingerprint density at radius 1 is 1.27 bits per heavy atom. The molecular weight excluding hydrogens is 142 g/mol. The van der Waals surface area contributed by atoms with Gasteiger partial charge in [0.05, 0.1) is 6.54 Å². The molecule has 1 aliphatic heterocycles. The highest BCUT2D eigenvalue weighted by Crippen LogP contribution is 2.06. The molecule has 0 unspecified atom stereocenters. The number of rotatable bonds is 2. The number of carbonyl (C=O) groups excluding carboxylic acids is 1. The van der Waals surface area contributed by atoms with Crippen LogP contribution in [0.2, 0.25) is 0 Å². The molecule has 0 atom stereocenters. The zero-order valence-electron chi connectivity index (χ0n) is 7.12. The second kappa shape index (κ2) is 7.69. The molecule has 0 saturated carbocycles. The predicted octanol–water partition coefficient (Wildman–Crippen LogP) is 0.280. The highest BCUT2D eigenvalue weighted by molar-refractivity contribution is 5.51. The second-order valence-corrected chi connectivity index (χ2v) is 2.53. The van der Waals surface area contributed by atoms with Gasteiger partial charge in [0.1, 0.15) is 6.29 Å². The molecule has 0 amide bonds. The molecule has 1 saturated heterocycles. The summed E-state index contributed by atoms with van der Waals surface area (Å²) in [6, 6.07) is 0. The van der Waals surface area contributed by atoms with Crippen molar-refractivity contribution in [2.75, 3.05) is 26.7 Å². The minimum absolute atomic E-state index is 0.639. The van der Waals surface area contributed by atoms with Gasteiger partial charge in [0.25, 0.3) is 0 Å². The molecule has 11 heavy (non-hydrogen) atoms. The lowest BCUT2D eigenvalue weighted by Crippen LogP contribution is -2.31. The Morgan fingerprint density at radius 3 is 2.27 bits per heavy atom. The van der Waals surface area contributed by atoms with Crippen LogP contribution in [-0.2, 0) is 4.79 Å². The number of aldehydes is 1. The largest absolute Gasteiger partial charge is 0.400 e. The van der Waals surface area contributed by atoms with Gasteiger partial charge in [0.2, 0.25) is 0 Å². The van der Waals surface area contributed by atoms with Crippen LogP contribution in [0.3, 0.4) is 0 Å². The first-order valence-corrected chi connectivity index (χ1v) is 4.04. The Morgan fingerprint density at radius 2 is 1.82 bits per heavy atom. The average Bonchev–Trinajstić information content (AvgIpc) is 2.11. The summed E-state index contributed by atoms with van der Waals surface area (Å²) in [5.74, 6) is 0. The molecule has 0 aromatic carbocycles. The van der Waals surface area contributed by atoms with E-state index in [4.69, 9.17) is 5.11 Å². The number of likely N-dealkylation sites (tertiary alicyclic amines) is 1.